The highest BCUT2D eigenvalue weighted by atomic mass is 35.5. The summed E-state index contributed by atoms with van der Waals surface area (Å²) >= 11 is 5.74. The quantitative estimate of drug-likeness (QED) is 0.469. The molecule has 0 radical (unpaired) electrons. The van der Waals surface area contributed by atoms with Crippen molar-refractivity contribution >= 4 is 47.0 Å². The van der Waals surface area contributed by atoms with Crippen LogP contribution in [-0.2, 0) is 14.4 Å². The second-order valence-electron chi connectivity index (χ2n) is 8.36. The number of pyridine rings is 1. The molecule has 36 heavy (non-hydrogen) atoms. The Kier molecular flexibility index (Phi) is 8.96. The van der Waals surface area contributed by atoms with Crippen LogP contribution in [0.4, 0.5) is 5.82 Å². The number of hydrogen-bond donors (Lipinski definition) is 3. The highest BCUT2D eigenvalue weighted by Crippen LogP contribution is 2.14. The molecule has 1 aromatic carbocycles. The first-order valence-electron chi connectivity index (χ1n) is 11.3. The summed E-state index contributed by atoms with van der Waals surface area (Å²) in [6.45, 7) is 1.11. The maximum atomic E-state index is 12.8. The average Bonchev–Trinajstić information content (AvgIpc) is 3.41. The fourth-order valence-electron chi connectivity index (χ4n) is 3.52. The molecule has 1 aliphatic rings. The van der Waals surface area contributed by atoms with Gasteiger partial charge in [0.05, 0.1) is 5.02 Å². The number of nitrogens with zero attached hydrogens (tertiary/aromatic N) is 3. The molecule has 2 aromatic rings. The van der Waals surface area contributed by atoms with Gasteiger partial charge in [-0.05, 0) is 49.2 Å². The van der Waals surface area contributed by atoms with E-state index in [4.69, 9.17) is 11.6 Å². The van der Waals surface area contributed by atoms with Gasteiger partial charge in [-0.1, -0.05) is 11.6 Å². The van der Waals surface area contributed by atoms with Crippen molar-refractivity contribution in [1.29, 1.82) is 0 Å². The molecule has 1 unspecified atom stereocenters. The number of likely N-dealkylation sites (tertiary alicyclic amines) is 1. The number of rotatable bonds is 7. The minimum absolute atomic E-state index is 0.0880. The van der Waals surface area contributed by atoms with Crippen LogP contribution in [0.15, 0.2) is 42.6 Å². The van der Waals surface area contributed by atoms with Crippen molar-refractivity contribution in [3.63, 3.8) is 0 Å². The minimum Gasteiger partial charge on any atom is -0.347 e. The molecule has 11 nitrogen and oxygen atoms in total. The number of aromatic nitrogens is 1. The zero-order valence-electron chi connectivity index (χ0n) is 19.9. The standard InChI is InChI=1S/C24H27ClN6O5/c1-30(2)24(36)18(14-27-21(33)22(34)29-19-10-9-17(25)13-26-19)28-20(32)15-5-7-16(8-6-15)23(35)31-11-3-4-12-31/h5-10,13,18H,3-4,11-12,14H2,1-2H3,(H,27,33)(H,28,32)(H,26,29,34). The first-order chi connectivity index (χ1) is 17.2. The molecule has 1 atom stereocenters. The Balaban J connectivity index is 1.60. The molecule has 1 saturated heterocycles. The van der Waals surface area contributed by atoms with E-state index in [0.29, 0.717) is 10.6 Å². The lowest BCUT2D eigenvalue weighted by molar-refractivity contribution is -0.136. The predicted molar refractivity (Wildman–Crippen MR) is 132 cm³/mol. The van der Waals surface area contributed by atoms with Gasteiger partial charge in [0.15, 0.2) is 0 Å². The molecule has 190 valence electrons. The number of halogens is 1. The molecular weight excluding hydrogens is 488 g/mol. The molecule has 0 saturated carbocycles. The highest BCUT2D eigenvalue weighted by Gasteiger charge is 2.26. The van der Waals surface area contributed by atoms with Crippen LogP contribution in [-0.4, -0.2) is 84.1 Å². The summed E-state index contributed by atoms with van der Waals surface area (Å²) in [5.41, 5.74) is 0.713. The maximum Gasteiger partial charge on any atom is 0.314 e. The first-order valence-corrected chi connectivity index (χ1v) is 11.7. The van der Waals surface area contributed by atoms with E-state index in [1.54, 1.807) is 17.0 Å². The van der Waals surface area contributed by atoms with E-state index in [9.17, 15) is 24.0 Å². The Bertz CT molecular complexity index is 1130. The molecular formula is C24H27ClN6O5. The lowest BCUT2D eigenvalue weighted by Crippen LogP contribution is -2.53. The third-order valence-corrected chi connectivity index (χ3v) is 5.70. The van der Waals surface area contributed by atoms with E-state index >= 15 is 0 Å². The average molecular weight is 515 g/mol. The second-order valence-corrected chi connectivity index (χ2v) is 8.80. The largest absolute Gasteiger partial charge is 0.347 e. The van der Waals surface area contributed by atoms with Crippen molar-refractivity contribution in [2.45, 2.75) is 18.9 Å². The fraction of sp³-hybridized carbons (Fsp3) is 0.333. The van der Waals surface area contributed by atoms with Crippen molar-refractivity contribution in [1.82, 2.24) is 25.4 Å². The molecule has 5 amide bonds. The van der Waals surface area contributed by atoms with Crippen molar-refractivity contribution in [2.75, 3.05) is 39.0 Å². The van der Waals surface area contributed by atoms with Crippen LogP contribution in [0.5, 0.6) is 0 Å². The Morgan fingerprint density at radius 1 is 0.972 bits per heavy atom. The number of likely N-dealkylation sites (N-methyl/N-ethyl adjacent to an activating group) is 1. The molecule has 0 bridgehead atoms. The highest BCUT2D eigenvalue weighted by molar-refractivity contribution is 6.39. The Labute approximate surface area is 213 Å². The number of benzene rings is 1. The summed E-state index contributed by atoms with van der Waals surface area (Å²) in [6.07, 6.45) is 3.26. The van der Waals surface area contributed by atoms with Crippen LogP contribution >= 0.6 is 11.6 Å². The molecule has 3 rings (SSSR count). The van der Waals surface area contributed by atoms with Gasteiger partial charge in [0, 0.05) is 51.1 Å². The predicted octanol–water partition coefficient (Wildman–Crippen LogP) is 0.913. The molecule has 1 aliphatic heterocycles. The summed E-state index contributed by atoms with van der Waals surface area (Å²) in [5, 5.41) is 7.59. The number of hydrogen-bond acceptors (Lipinski definition) is 6. The van der Waals surface area contributed by atoms with Crippen molar-refractivity contribution in [2.24, 2.45) is 0 Å². The topological polar surface area (TPSA) is 141 Å². The van der Waals surface area contributed by atoms with Gasteiger partial charge in [0.25, 0.3) is 11.8 Å². The SMILES string of the molecule is CN(C)C(=O)C(CNC(=O)C(=O)Nc1ccc(Cl)cn1)NC(=O)c1ccc(C(=O)N2CCCC2)cc1. The normalized spacial score (nSPS) is 13.5. The molecule has 0 aliphatic carbocycles. The van der Waals surface area contributed by atoms with Gasteiger partial charge in [-0.3, -0.25) is 24.0 Å². The molecule has 0 spiro atoms. The smallest absolute Gasteiger partial charge is 0.314 e. The monoisotopic (exact) mass is 514 g/mol. The number of nitrogens with one attached hydrogen (secondary N) is 3. The molecule has 12 heteroatoms. The van der Waals surface area contributed by atoms with Gasteiger partial charge in [-0.2, -0.15) is 0 Å². The summed E-state index contributed by atoms with van der Waals surface area (Å²) in [4.78, 5) is 69.1. The summed E-state index contributed by atoms with van der Waals surface area (Å²) in [7, 11) is 3.00. The van der Waals surface area contributed by atoms with Crippen LogP contribution in [0, 0.1) is 0 Å². The Morgan fingerprint density at radius 2 is 1.61 bits per heavy atom. The zero-order chi connectivity index (χ0) is 26.2. The maximum absolute atomic E-state index is 12.8. The number of amides is 5. The summed E-state index contributed by atoms with van der Waals surface area (Å²) in [6, 6.07) is 7.92. The lowest BCUT2D eigenvalue weighted by Gasteiger charge is -2.22. The van der Waals surface area contributed by atoms with Crippen LogP contribution in [0.2, 0.25) is 5.02 Å². The van der Waals surface area contributed by atoms with E-state index in [-0.39, 0.29) is 23.8 Å². The number of carbonyl (C=O) groups is 5. The Morgan fingerprint density at radius 3 is 2.19 bits per heavy atom. The number of anilines is 1. The van der Waals surface area contributed by atoms with Gasteiger partial charge in [-0.25, -0.2) is 4.98 Å². The molecule has 3 N–H and O–H groups in total. The third kappa shape index (κ3) is 7.01. The van der Waals surface area contributed by atoms with Gasteiger partial charge >= 0.3 is 11.8 Å². The molecule has 1 fully saturated rings. The van der Waals surface area contributed by atoms with E-state index in [1.807, 2.05) is 0 Å². The van der Waals surface area contributed by atoms with Crippen molar-refractivity contribution < 1.29 is 24.0 Å². The Hall–Kier alpha value is -3.99. The number of carbonyl (C=O) groups excluding carboxylic acids is 5. The van der Waals surface area contributed by atoms with Crippen molar-refractivity contribution in [3.8, 4) is 0 Å². The molecule has 2 heterocycles. The van der Waals surface area contributed by atoms with Crippen LogP contribution in [0.25, 0.3) is 0 Å². The third-order valence-electron chi connectivity index (χ3n) is 5.47. The van der Waals surface area contributed by atoms with E-state index in [2.05, 4.69) is 20.9 Å². The zero-order valence-corrected chi connectivity index (χ0v) is 20.7. The van der Waals surface area contributed by atoms with Crippen molar-refractivity contribution in [3.05, 3.63) is 58.7 Å². The minimum atomic E-state index is -1.14. The first kappa shape index (κ1) is 26.6. The van der Waals surface area contributed by atoms with Gasteiger partial charge in [0.2, 0.25) is 5.91 Å². The van der Waals surface area contributed by atoms with Crippen LogP contribution in [0.3, 0.4) is 0 Å². The van der Waals surface area contributed by atoms with Crippen LogP contribution in [0.1, 0.15) is 33.6 Å². The van der Waals surface area contributed by atoms with Gasteiger partial charge in [-0.15, -0.1) is 0 Å². The summed E-state index contributed by atoms with van der Waals surface area (Å²) in [5.74, 6) is -3.02. The fourth-order valence-corrected chi connectivity index (χ4v) is 3.63. The lowest BCUT2D eigenvalue weighted by atomic mass is 10.1. The summed E-state index contributed by atoms with van der Waals surface area (Å²) < 4.78 is 0. The van der Waals surface area contributed by atoms with E-state index < -0.39 is 29.7 Å². The molecule has 1 aromatic heterocycles. The van der Waals surface area contributed by atoms with E-state index in [0.717, 1.165) is 25.9 Å². The van der Waals surface area contributed by atoms with Gasteiger partial charge < -0.3 is 25.8 Å². The van der Waals surface area contributed by atoms with E-state index in [1.165, 1.54) is 49.5 Å². The van der Waals surface area contributed by atoms with Gasteiger partial charge in [0.1, 0.15) is 11.9 Å². The second kappa shape index (κ2) is 12.1. The van der Waals surface area contributed by atoms with Crippen LogP contribution < -0.4 is 16.0 Å².